The molecule has 0 saturated heterocycles. The molecule has 4 rings (SSSR count). The molecule has 9 nitrogen and oxygen atoms in total. The molecule has 1 N–H and O–H groups in total. The van der Waals surface area contributed by atoms with Crippen molar-refractivity contribution in [2.24, 2.45) is 5.92 Å². The number of ether oxygens (including phenoxy) is 2. The Kier molecular flexibility index (Phi) is 9.27. The number of hydrogen-bond acceptors (Lipinski definition) is 8. The summed E-state index contributed by atoms with van der Waals surface area (Å²) in [6, 6.07) is 11.4. The van der Waals surface area contributed by atoms with Gasteiger partial charge in [0.25, 0.3) is 15.9 Å². The molecule has 0 aliphatic carbocycles. The molecule has 0 fully saturated rings. The van der Waals surface area contributed by atoms with Gasteiger partial charge >= 0.3 is 0 Å². The summed E-state index contributed by atoms with van der Waals surface area (Å²) in [6.07, 6.45) is 1.61. The normalized spacial score (nSPS) is 21.4. The van der Waals surface area contributed by atoms with Crippen LogP contribution in [0.15, 0.2) is 58.9 Å². The second-order valence-corrected chi connectivity index (χ2v) is 12.7. The predicted molar refractivity (Wildman–Crippen MR) is 153 cm³/mol. The number of likely N-dealkylation sites (N-methyl/N-ethyl adjacent to an activating group) is 1. The Balaban J connectivity index is 1.65. The molecule has 39 heavy (non-hydrogen) atoms. The molecule has 1 aromatic heterocycles. The highest BCUT2D eigenvalue weighted by Gasteiger charge is 2.29. The summed E-state index contributed by atoms with van der Waals surface area (Å²) < 4.78 is 40.6. The lowest BCUT2D eigenvalue weighted by Crippen LogP contribution is -2.46. The fraction of sp³-hybridized carbons (Fsp3) is 0.429. The number of anilines is 1. The third-order valence-corrected chi connectivity index (χ3v) is 9.14. The predicted octanol–water partition coefficient (Wildman–Crippen LogP) is 4.26. The molecule has 0 spiro atoms. The molecule has 210 valence electrons. The summed E-state index contributed by atoms with van der Waals surface area (Å²) in [6.45, 7) is 8.24. The van der Waals surface area contributed by atoms with E-state index in [0.29, 0.717) is 25.4 Å². The van der Waals surface area contributed by atoms with Crippen LogP contribution in [0.4, 0.5) is 5.69 Å². The average molecular weight is 573 g/mol. The van der Waals surface area contributed by atoms with Gasteiger partial charge in [-0.15, -0.1) is 11.3 Å². The van der Waals surface area contributed by atoms with Gasteiger partial charge in [-0.2, -0.15) is 0 Å². The molecular formula is C28H36N4O5S2. The van der Waals surface area contributed by atoms with Crippen molar-refractivity contribution in [3.8, 4) is 5.75 Å². The number of nitrogens with zero attached hydrogens (tertiary/aromatic N) is 3. The van der Waals surface area contributed by atoms with E-state index in [9.17, 15) is 13.2 Å². The van der Waals surface area contributed by atoms with E-state index >= 15 is 0 Å². The van der Waals surface area contributed by atoms with Crippen molar-refractivity contribution in [1.29, 1.82) is 0 Å². The minimum Gasteiger partial charge on any atom is -0.491 e. The molecule has 0 unspecified atom stereocenters. The van der Waals surface area contributed by atoms with Gasteiger partial charge in [0.05, 0.1) is 23.1 Å². The van der Waals surface area contributed by atoms with Crippen LogP contribution in [0.2, 0.25) is 0 Å². The number of nitrogens with one attached hydrogen (secondary N) is 1. The Morgan fingerprint density at radius 2 is 1.90 bits per heavy atom. The van der Waals surface area contributed by atoms with Crippen molar-refractivity contribution >= 4 is 33.0 Å². The topological polar surface area (TPSA) is 101 Å². The maximum atomic E-state index is 13.6. The van der Waals surface area contributed by atoms with Crippen LogP contribution in [0.1, 0.15) is 34.8 Å². The highest BCUT2D eigenvalue weighted by atomic mass is 32.2. The summed E-state index contributed by atoms with van der Waals surface area (Å²) in [5.41, 5.74) is 1.52. The van der Waals surface area contributed by atoms with Crippen LogP contribution in [0, 0.1) is 12.8 Å². The largest absolute Gasteiger partial charge is 0.491 e. The van der Waals surface area contributed by atoms with Crippen LogP contribution in [0.3, 0.4) is 0 Å². The monoisotopic (exact) mass is 572 g/mol. The number of sulfonamides is 1. The number of aryl methyl sites for hydroxylation is 1. The number of rotatable bonds is 6. The van der Waals surface area contributed by atoms with Gasteiger partial charge in [0.2, 0.25) is 0 Å². The molecule has 3 aromatic rings. The van der Waals surface area contributed by atoms with Crippen molar-refractivity contribution < 1.29 is 22.7 Å². The second kappa shape index (κ2) is 12.5. The number of fused-ring (bicyclic) bond motifs is 1. The number of carbonyl (C=O) groups excluding carboxylic acids is 1. The third kappa shape index (κ3) is 7.16. The molecule has 1 aliphatic heterocycles. The van der Waals surface area contributed by atoms with Gasteiger partial charge in [-0.3, -0.25) is 14.4 Å². The number of carbonyl (C=O) groups is 1. The summed E-state index contributed by atoms with van der Waals surface area (Å²) in [5, 5.41) is 2.99. The SMILES string of the molecule is CO[C@@H]1CN(C)C(=O)c2cc(NS(=O)(=O)c3ccc(C)cc3)ccc2OC[C@@H](C)N(Cc2nccs2)C[C@@H]1C. The maximum Gasteiger partial charge on any atom is 0.261 e. The van der Waals surface area contributed by atoms with E-state index < -0.39 is 10.0 Å². The quantitative estimate of drug-likeness (QED) is 0.471. The first-order chi connectivity index (χ1) is 18.6. The molecule has 0 radical (unpaired) electrons. The zero-order valence-corrected chi connectivity index (χ0v) is 24.6. The van der Waals surface area contributed by atoms with Gasteiger partial charge < -0.3 is 14.4 Å². The van der Waals surface area contributed by atoms with Crippen LogP contribution in [-0.4, -0.2) is 75.1 Å². The number of hydrogen-bond donors (Lipinski definition) is 1. The molecular weight excluding hydrogens is 536 g/mol. The minimum absolute atomic E-state index is 0.0219. The maximum absolute atomic E-state index is 13.6. The lowest BCUT2D eigenvalue weighted by molar-refractivity contribution is 0.00921. The lowest BCUT2D eigenvalue weighted by atomic mass is 10.0. The Labute approximate surface area is 234 Å². The van der Waals surface area contributed by atoms with Crippen molar-refractivity contribution in [3.63, 3.8) is 0 Å². The summed E-state index contributed by atoms with van der Waals surface area (Å²) in [5.74, 6) is 0.247. The number of benzene rings is 2. The summed E-state index contributed by atoms with van der Waals surface area (Å²) >= 11 is 1.62. The highest BCUT2D eigenvalue weighted by Crippen LogP contribution is 2.28. The highest BCUT2D eigenvalue weighted by molar-refractivity contribution is 7.92. The van der Waals surface area contributed by atoms with Gasteiger partial charge in [0, 0.05) is 50.6 Å². The van der Waals surface area contributed by atoms with Crippen LogP contribution < -0.4 is 9.46 Å². The fourth-order valence-corrected chi connectivity index (χ4v) is 6.26. The van der Waals surface area contributed by atoms with E-state index in [-0.39, 0.29) is 40.1 Å². The van der Waals surface area contributed by atoms with E-state index in [1.54, 1.807) is 73.0 Å². The Morgan fingerprint density at radius 3 is 2.56 bits per heavy atom. The van der Waals surface area contributed by atoms with Crippen LogP contribution in [0.5, 0.6) is 5.75 Å². The molecule has 2 aromatic carbocycles. The fourth-order valence-electron chi connectivity index (χ4n) is 4.57. The second-order valence-electron chi connectivity index (χ2n) is 10.1. The Hall–Kier alpha value is -2.99. The smallest absolute Gasteiger partial charge is 0.261 e. The van der Waals surface area contributed by atoms with E-state index in [0.717, 1.165) is 17.1 Å². The molecule has 3 atom stereocenters. The first-order valence-electron chi connectivity index (χ1n) is 12.8. The molecule has 0 bridgehead atoms. The Bertz CT molecular complexity index is 1360. The number of methoxy groups -OCH3 is 1. The zero-order chi connectivity index (χ0) is 28.2. The van der Waals surface area contributed by atoms with Crippen molar-refractivity contribution in [3.05, 3.63) is 70.2 Å². The van der Waals surface area contributed by atoms with E-state index in [4.69, 9.17) is 9.47 Å². The number of amides is 1. The molecule has 11 heteroatoms. The number of aromatic nitrogens is 1. The van der Waals surface area contributed by atoms with Gasteiger partial charge in [0.15, 0.2) is 0 Å². The van der Waals surface area contributed by atoms with Gasteiger partial charge in [-0.25, -0.2) is 13.4 Å². The standard InChI is InChI=1S/C28H36N4O5S2/c1-19-6-9-23(10-7-19)39(34,35)30-22-8-11-25-24(14-22)28(33)31(4)16-26(36-5)20(2)15-32(21(3)18-37-25)17-27-29-12-13-38-27/h6-14,20-21,26,30H,15-18H2,1-5H3/t20-,21+,26+/m0/s1. The van der Waals surface area contributed by atoms with Gasteiger partial charge in [-0.1, -0.05) is 24.6 Å². The first-order valence-corrected chi connectivity index (χ1v) is 15.2. The minimum atomic E-state index is -3.84. The van der Waals surface area contributed by atoms with Crippen molar-refractivity contribution in [2.45, 2.75) is 44.4 Å². The number of thiazole rings is 1. The van der Waals surface area contributed by atoms with Crippen LogP contribution in [0.25, 0.3) is 0 Å². The average Bonchev–Trinajstić information content (AvgIpc) is 3.42. The molecule has 2 heterocycles. The molecule has 1 amide bonds. The van der Waals surface area contributed by atoms with Crippen molar-refractivity contribution in [2.75, 3.05) is 38.6 Å². The van der Waals surface area contributed by atoms with Crippen molar-refractivity contribution in [1.82, 2.24) is 14.8 Å². The van der Waals surface area contributed by atoms with Crippen LogP contribution in [-0.2, 0) is 21.3 Å². The van der Waals surface area contributed by atoms with E-state index in [2.05, 4.69) is 28.5 Å². The lowest BCUT2D eigenvalue weighted by Gasteiger charge is -2.35. The third-order valence-electron chi connectivity index (χ3n) is 6.98. The van der Waals surface area contributed by atoms with Crippen LogP contribution >= 0.6 is 11.3 Å². The summed E-state index contributed by atoms with van der Waals surface area (Å²) in [7, 11) is -0.456. The van der Waals surface area contributed by atoms with E-state index in [1.807, 2.05) is 12.3 Å². The zero-order valence-electron chi connectivity index (χ0n) is 23.0. The van der Waals surface area contributed by atoms with E-state index in [1.165, 1.54) is 6.07 Å². The van der Waals surface area contributed by atoms with Gasteiger partial charge in [-0.05, 0) is 50.1 Å². The molecule has 1 aliphatic rings. The first kappa shape index (κ1) is 29.0. The summed E-state index contributed by atoms with van der Waals surface area (Å²) in [4.78, 5) is 22.1. The molecule has 0 saturated carbocycles. The Morgan fingerprint density at radius 1 is 1.15 bits per heavy atom. The van der Waals surface area contributed by atoms with Gasteiger partial charge in [0.1, 0.15) is 17.4 Å².